The zero-order valence-electron chi connectivity index (χ0n) is 15.2. The van der Waals surface area contributed by atoms with Crippen molar-refractivity contribution in [1.82, 2.24) is 10.2 Å². The van der Waals surface area contributed by atoms with Crippen LogP contribution in [0.5, 0.6) is 0 Å². The fraction of sp³-hybridized carbons (Fsp3) is 0.368. The number of benzene rings is 1. The van der Waals surface area contributed by atoms with Crippen molar-refractivity contribution in [2.24, 2.45) is 0 Å². The molecule has 1 fully saturated rings. The second kappa shape index (κ2) is 9.66. The van der Waals surface area contributed by atoms with E-state index in [4.69, 9.17) is 12.2 Å². The topological polar surface area (TPSA) is 89.5 Å². The van der Waals surface area contributed by atoms with Crippen molar-refractivity contribution in [3.63, 3.8) is 0 Å². The van der Waals surface area contributed by atoms with Gasteiger partial charge in [0.05, 0.1) is 16.9 Å². The van der Waals surface area contributed by atoms with Crippen molar-refractivity contribution in [2.45, 2.75) is 39.2 Å². The van der Waals surface area contributed by atoms with Crippen LogP contribution in [0.25, 0.3) is 6.08 Å². The molecule has 1 aromatic rings. The molecule has 1 N–H and O–H groups in total. The van der Waals surface area contributed by atoms with Crippen molar-refractivity contribution in [2.75, 3.05) is 6.54 Å². The van der Waals surface area contributed by atoms with E-state index in [2.05, 4.69) is 5.32 Å². The van der Waals surface area contributed by atoms with Gasteiger partial charge in [0.15, 0.2) is 0 Å². The summed E-state index contributed by atoms with van der Waals surface area (Å²) in [6.07, 6.45) is 2.65. The van der Waals surface area contributed by atoms with Crippen molar-refractivity contribution >= 4 is 52.2 Å². The maximum Gasteiger partial charge on any atom is 0.266 e. The number of thioether (sulfide) groups is 1. The van der Waals surface area contributed by atoms with Gasteiger partial charge in [0.25, 0.3) is 5.91 Å². The maximum atomic E-state index is 12.5. The molecule has 0 aromatic heterocycles. The molecule has 1 aliphatic heterocycles. The van der Waals surface area contributed by atoms with E-state index in [1.807, 2.05) is 38.1 Å². The molecule has 0 saturated carbocycles. The Morgan fingerprint density at radius 2 is 2.00 bits per heavy atom. The van der Waals surface area contributed by atoms with Crippen molar-refractivity contribution in [3.8, 4) is 0 Å². The third-order valence-electron chi connectivity index (χ3n) is 4.01. The van der Waals surface area contributed by atoms with Gasteiger partial charge < -0.3 is 15.2 Å². The number of rotatable bonds is 8. The Hall–Kier alpha value is -2.19. The first-order valence-corrected chi connectivity index (χ1v) is 9.86. The van der Waals surface area contributed by atoms with Gasteiger partial charge in [-0.25, -0.2) is 0 Å². The average molecular weight is 406 g/mol. The van der Waals surface area contributed by atoms with Crippen LogP contribution in [-0.2, 0) is 14.4 Å². The molecule has 27 heavy (non-hydrogen) atoms. The van der Waals surface area contributed by atoms with Gasteiger partial charge in [-0.15, -0.1) is 0 Å². The van der Waals surface area contributed by atoms with Gasteiger partial charge in [0, 0.05) is 13.0 Å². The monoisotopic (exact) mass is 405 g/mol. The molecule has 1 saturated heterocycles. The highest BCUT2D eigenvalue weighted by Gasteiger charge is 2.32. The average Bonchev–Trinajstić information content (AvgIpc) is 2.88. The molecule has 0 spiro atoms. The summed E-state index contributed by atoms with van der Waals surface area (Å²) in [4.78, 5) is 37.4. The fourth-order valence-corrected chi connectivity index (χ4v) is 3.83. The molecule has 0 radical (unpaired) electrons. The van der Waals surface area contributed by atoms with E-state index in [-0.39, 0.29) is 18.9 Å². The Morgan fingerprint density at radius 1 is 1.33 bits per heavy atom. The smallest absolute Gasteiger partial charge is 0.266 e. The Labute approximate surface area is 168 Å². The number of hydrogen-bond donors (Lipinski definition) is 1. The molecular weight excluding hydrogens is 384 g/mol. The zero-order chi connectivity index (χ0) is 20.0. The first kappa shape index (κ1) is 21.1. The van der Waals surface area contributed by atoms with E-state index in [0.29, 0.717) is 22.1 Å². The van der Waals surface area contributed by atoms with Crippen LogP contribution in [0.2, 0.25) is 0 Å². The zero-order valence-corrected chi connectivity index (χ0v) is 16.8. The second-order valence-corrected chi connectivity index (χ2v) is 7.90. The first-order valence-electron chi connectivity index (χ1n) is 8.64. The highest BCUT2D eigenvalue weighted by molar-refractivity contribution is 8.26. The second-order valence-electron chi connectivity index (χ2n) is 6.22. The standard InChI is InChI=1S/C19H22N2O4S2/c1-3-4-14(18(24)25)20-16(22)9-10-21-17(23)15(27-19(21)26)11-13-7-5-12(2)6-8-13/h5-8,11,14H,3-4,9-10H2,1-2H3,(H,20,22)(H,24,25)/p-1/b15-11+/t14-/m0/s1. The quantitative estimate of drug-likeness (QED) is 0.522. The molecule has 144 valence electrons. The van der Waals surface area contributed by atoms with Gasteiger partial charge >= 0.3 is 0 Å². The van der Waals surface area contributed by atoms with Crippen molar-refractivity contribution in [1.29, 1.82) is 0 Å². The normalized spacial score (nSPS) is 16.7. The van der Waals surface area contributed by atoms with E-state index in [1.165, 1.54) is 16.7 Å². The van der Waals surface area contributed by atoms with Crippen molar-refractivity contribution in [3.05, 3.63) is 40.3 Å². The molecule has 8 heteroatoms. The van der Waals surface area contributed by atoms with Crippen LogP contribution in [0.1, 0.15) is 37.3 Å². The van der Waals surface area contributed by atoms with Gasteiger partial charge in [-0.05, 0) is 25.0 Å². The number of aryl methyl sites for hydroxylation is 1. The van der Waals surface area contributed by atoms with Crippen LogP contribution < -0.4 is 10.4 Å². The highest BCUT2D eigenvalue weighted by atomic mass is 32.2. The Morgan fingerprint density at radius 3 is 2.59 bits per heavy atom. The van der Waals surface area contributed by atoms with Crippen LogP contribution in [0.4, 0.5) is 0 Å². The SMILES string of the molecule is CCC[C@H](NC(=O)CCN1C(=O)/C(=C\c2ccc(C)cc2)SC1=S)C(=O)[O-]. The van der Waals surface area contributed by atoms with Gasteiger partial charge in [-0.1, -0.05) is 67.2 Å². The lowest BCUT2D eigenvalue weighted by Gasteiger charge is -2.20. The molecule has 2 amide bonds. The number of carboxylic acid groups (broad SMARTS) is 1. The maximum absolute atomic E-state index is 12.5. The molecule has 0 bridgehead atoms. The number of thiocarbonyl (C=S) groups is 1. The molecule has 0 aliphatic carbocycles. The summed E-state index contributed by atoms with van der Waals surface area (Å²) < 4.78 is 0.385. The number of carbonyl (C=O) groups excluding carboxylic acids is 3. The molecule has 6 nitrogen and oxygen atoms in total. The number of amides is 2. The van der Waals surface area contributed by atoms with Crippen LogP contribution in [0, 0.1) is 6.92 Å². The lowest BCUT2D eigenvalue weighted by Crippen LogP contribution is -2.48. The minimum absolute atomic E-state index is 0.0300. The third-order valence-corrected chi connectivity index (χ3v) is 5.39. The number of hydrogen-bond acceptors (Lipinski definition) is 6. The lowest BCUT2D eigenvalue weighted by atomic mass is 10.1. The van der Waals surface area contributed by atoms with Crippen LogP contribution >= 0.6 is 24.0 Å². The van der Waals surface area contributed by atoms with Crippen molar-refractivity contribution < 1.29 is 19.5 Å². The number of carbonyl (C=O) groups is 3. The fourth-order valence-electron chi connectivity index (χ4n) is 2.52. The van der Waals surface area contributed by atoms with E-state index in [9.17, 15) is 19.5 Å². The summed E-state index contributed by atoms with van der Waals surface area (Å²) in [6, 6.07) is 6.74. The van der Waals surface area contributed by atoms with E-state index in [1.54, 1.807) is 6.08 Å². The van der Waals surface area contributed by atoms with E-state index < -0.39 is 17.9 Å². The third kappa shape index (κ3) is 5.90. The summed E-state index contributed by atoms with van der Waals surface area (Å²) in [6.45, 7) is 3.91. The molecule has 1 atom stereocenters. The van der Waals surface area contributed by atoms with E-state index >= 15 is 0 Å². The van der Waals surface area contributed by atoms with Gasteiger partial charge in [0.1, 0.15) is 4.32 Å². The Kier molecular flexibility index (Phi) is 7.55. The molecule has 1 heterocycles. The molecule has 1 aromatic carbocycles. The number of aliphatic carboxylic acids is 1. The predicted octanol–water partition coefficient (Wildman–Crippen LogP) is 1.62. The summed E-state index contributed by atoms with van der Waals surface area (Å²) in [5, 5.41) is 13.4. The highest BCUT2D eigenvalue weighted by Crippen LogP contribution is 2.32. The molecule has 0 unspecified atom stereocenters. The summed E-state index contributed by atoms with van der Waals surface area (Å²) in [7, 11) is 0. The first-order chi connectivity index (χ1) is 12.8. The van der Waals surface area contributed by atoms with E-state index in [0.717, 1.165) is 11.1 Å². The number of nitrogens with zero attached hydrogens (tertiary/aromatic N) is 1. The van der Waals surface area contributed by atoms with Gasteiger partial charge in [0.2, 0.25) is 5.91 Å². The molecule has 1 aliphatic rings. The van der Waals surface area contributed by atoms with Crippen LogP contribution in [-0.4, -0.2) is 39.6 Å². The number of nitrogens with one attached hydrogen (secondary N) is 1. The lowest BCUT2D eigenvalue weighted by molar-refractivity contribution is -0.308. The summed E-state index contributed by atoms with van der Waals surface area (Å²) in [5.74, 6) is -2.01. The molecular formula is C19H21N2O4S2-. The molecule has 2 rings (SSSR count). The van der Waals surface area contributed by atoms with Crippen LogP contribution in [0.15, 0.2) is 29.2 Å². The Balaban J connectivity index is 1.96. The summed E-state index contributed by atoms with van der Waals surface area (Å²) in [5.41, 5.74) is 2.03. The van der Waals surface area contributed by atoms with Gasteiger partial charge in [-0.3, -0.25) is 14.5 Å². The Bertz CT molecular complexity index is 774. The van der Waals surface area contributed by atoms with Gasteiger partial charge in [-0.2, -0.15) is 0 Å². The van der Waals surface area contributed by atoms with Crippen LogP contribution in [0.3, 0.4) is 0 Å². The minimum Gasteiger partial charge on any atom is -0.548 e. The summed E-state index contributed by atoms with van der Waals surface area (Å²) >= 11 is 6.44. The number of carboxylic acids is 1. The predicted molar refractivity (Wildman–Crippen MR) is 108 cm³/mol. The minimum atomic E-state index is -1.31. The largest absolute Gasteiger partial charge is 0.548 e.